The van der Waals surface area contributed by atoms with Crippen LogP contribution in [-0.2, 0) is 6.18 Å². The Morgan fingerprint density at radius 1 is 1.15 bits per heavy atom. The number of hydrogen-bond donors (Lipinski definition) is 1. The highest BCUT2D eigenvalue weighted by atomic mass is 35.5. The second-order valence-electron chi connectivity index (χ2n) is 5.59. The minimum Gasteiger partial charge on any atom is -0.360 e. The predicted molar refractivity (Wildman–Crippen MR) is 91.0 cm³/mol. The molecule has 0 bridgehead atoms. The molecule has 4 nitrogen and oxygen atoms in total. The molecule has 0 atom stereocenters. The van der Waals surface area contributed by atoms with Crippen LogP contribution < -0.4 is 5.32 Å². The van der Waals surface area contributed by atoms with Crippen molar-refractivity contribution in [2.75, 3.05) is 5.32 Å². The van der Waals surface area contributed by atoms with E-state index in [4.69, 9.17) is 16.1 Å². The summed E-state index contributed by atoms with van der Waals surface area (Å²) in [4.78, 5) is 12.6. The molecule has 2 aromatic carbocycles. The Morgan fingerprint density at radius 2 is 1.81 bits per heavy atom. The molecule has 1 aromatic heterocycles. The first kappa shape index (κ1) is 18.9. The van der Waals surface area contributed by atoms with Crippen LogP contribution >= 0.6 is 11.6 Å². The Bertz CT molecular complexity index is 977. The second-order valence-corrected chi connectivity index (χ2v) is 6.00. The summed E-state index contributed by atoms with van der Waals surface area (Å²) >= 11 is 6.01. The number of carbonyl (C=O) groups is 1. The second kappa shape index (κ2) is 7.03. The molecule has 0 aliphatic heterocycles. The van der Waals surface area contributed by atoms with E-state index in [1.165, 1.54) is 19.1 Å². The summed E-state index contributed by atoms with van der Waals surface area (Å²) in [6, 6.07) is 7.88. The Morgan fingerprint density at radius 3 is 2.41 bits per heavy atom. The SMILES string of the molecule is Cc1onc(-c2c(F)cccc2Cl)c1C(=O)Nc1ccc(C(F)(F)F)cc1. The molecule has 0 aliphatic rings. The standard InChI is InChI=1S/C18H11ClF4N2O2/c1-9-14(16(25-27-9)15-12(19)3-2-4-13(15)20)17(26)24-11-7-5-10(6-8-11)18(21,22)23/h2-8H,1H3,(H,24,26). The highest BCUT2D eigenvalue weighted by Gasteiger charge is 2.30. The van der Waals surface area contributed by atoms with Gasteiger partial charge in [0.25, 0.3) is 5.91 Å². The van der Waals surface area contributed by atoms with Crippen LogP contribution in [-0.4, -0.2) is 11.1 Å². The normalized spacial score (nSPS) is 11.5. The van der Waals surface area contributed by atoms with E-state index >= 15 is 0 Å². The summed E-state index contributed by atoms with van der Waals surface area (Å²) in [5, 5.41) is 6.18. The maximum absolute atomic E-state index is 14.2. The van der Waals surface area contributed by atoms with Crippen LogP contribution in [0.3, 0.4) is 0 Å². The number of nitrogens with zero attached hydrogens (tertiary/aromatic N) is 1. The Labute approximate surface area is 155 Å². The summed E-state index contributed by atoms with van der Waals surface area (Å²) in [7, 11) is 0. The lowest BCUT2D eigenvalue weighted by Gasteiger charge is -2.09. The highest BCUT2D eigenvalue weighted by molar-refractivity contribution is 6.33. The first-order chi connectivity index (χ1) is 12.7. The van der Waals surface area contributed by atoms with E-state index in [9.17, 15) is 22.4 Å². The number of aryl methyl sites for hydroxylation is 1. The number of amides is 1. The fourth-order valence-corrected chi connectivity index (χ4v) is 2.72. The number of anilines is 1. The first-order valence-electron chi connectivity index (χ1n) is 7.57. The average molecular weight is 399 g/mol. The third-order valence-electron chi connectivity index (χ3n) is 3.76. The van der Waals surface area contributed by atoms with Gasteiger partial charge in [0.05, 0.1) is 16.1 Å². The topological polar surface area (TPSA) is 55.1 Å². The highest BCUT2D eigenvalue weighted by Crippen LogP contribution is 2.34. The van der Waals surface area contributed by atoms with Crippen molar-refractivity contribution < 1.29 is 26.9 Å². The summed E-state index contributed by atoms with van der Waals surface area (Å²) < 4.78 is 57.0. The van der Waals surface area contributed by atoms with E-state index in [1.807, 2.05) is 0 Å². The fraction of sp³-hybridized carbons (Fsp3) is 0.111. The smallest absolute Gasteiger partial charge is 0.360 e. The molecule has 27 heavy (non-hydrogen) atoms. The van der Waals surface area contributed by atoms with Gasteiger partial charge in [0.2, 0.25) is 0 Å². The predicted octanol–water partition coefficient (Wildman–Crippen LogP) is 5.71. The molecule has 0 spiro atoms. The molecule has 3 rings (SSSR count). The number of hydrogen-bond acceptors (Lipinski definition) is 3. The zero-order valence-corrected chi connectivity index (χ0v) is 14.5. The molecule has 0 fully saturated rings. The molecule has 140 valence electrons. The van der Waals surface area contributed by atoms with Crippen LogP contribution in [0, 0.1) is 12.7 Å². The summed E-state index contributed by atoms with van der Waals surface area (Å²) in [5.41, 5.74) is -0.991. The number of benzene rings is 2. The zero-order valence-electron chi connectivity index (χ0n) is 13.7. The van der Waals surface area contributed by atoms with Gasteiger partial charge in [-0.05, 0) is 43.3 Å². The van der Waals surface area contributed by atoms with Gasteiger partial charge < -0.3 is 9.84 Å². The van der Waals surface area contributed by atoms with Gasteiger partial charge in [-0.15, -0.1) is 0 Å². The van der Waals surface area contributed by atoms with E-state index in [0.717, 1.165) is 30.3 Å². The van der Waals surface area contributed by atoms with Crippen molar-refractivity contribution in [1.82, 2.24) is 5.16 Å². The van der Waals surface area contributed by atoms with Gasteiger partial charge in [-0.3, -0.25) is 4.79 Å². The van der Waals surface area contributed by atoms with Gasteiger partial charge in [0.15, 0.2) is 0 Å². The van der Waals surface area contributed by atoms with Crippen LogP contribution in [0.25, 0.3) is 11.3 Å². The Hall–Kier alpha value is -2.87. The third-order valence-corrected chi connectivity index (χ3v) is 4.07. The summed E-state index contributed by atoms with van der Waals surface area (Å²) in [6.45, 7) is 1.45. The van der Waals surface area contributed by atoms with Crippen LogP contribution in [0.2, 0.25) is 5.02 Å². The van der Waals surface area contributed by atoms with E-state index in [-0.39, 0.29) is 33.3 Å². The molecule has 0 aliphatic carbocycles. The maximum atomic E-state index is 14.2. The van der Waals surface area contributed by atoms with Crippen LogP contribution in [0.5, 0.6) is 0 Å². The lowest BCUT2D eigenvalue weighted by molar-refractivity contribution is -0.137. The molecule has 9 heteroatoms. The summed E-state index contributed by atoms with van der Waals surface area (Å²) in [6.07, 6.45) is -4.48. The van der Waals surface area contributed by atoms with Gasteiger partial charge in [-0.25, -0.2) is 4.39 Å². The van der Waals surface area contributed by atoms with E-state index in [1.54, 1.807) is 0 Å². The molecule has 0 saturated heterocycles. The number of aromatic nitrogens is 1. The number of nitrogens with one attached hydrogen (secondary N) is 1. The molecule has 0 unspecified atom stereocenters. The number of carbonyl (C=O) groups excluding carboxylic acids is 1. The van der Waals surface area contributed by atoms with Gasteiger partial charge in [0, 0.05) is 5.69 Å². The lowest BCUT2D eigenvalue weighted by atomic mass is 10.0. The molecule has 3 aromatic rings. The van der Waals surface area contributed by atoms with Crippen molar-refractivity contribution in [1.29, 1.82) is 0 Å². The van der Waals surface area contributed by atoms with E-state index in [0.29, 0.717) is 0 Å². The van der Waals surface area contributed by atoms with Gasteiger partial charge in [0.1, 0.15) is 22.8 Å². The molecule has 0 radical (unpaired) electrons. The van der Waals surface area contributed by atoms with Crippen LogP contribution in [0.4, 0.5) is 23.2 Å². The molecule has 0 saturated carbocycles. The van der Waals surface area contributed by atoms with Crippen molar-refractivity contribution in [2.24, 2.45) is 0 Å². The van der Waals surface area contributed by atoms with Crippen molar-refractivity contribution in [3.8, 4) is 11.3 Å². The van der Waals surface area contributed by atoms with Crippen molar-refractivity contribution in [2.45, 2.75) is 13.1 Å². The first-order valence-corrected chi connectivity index (χ1v) is 7.95. The monoisotopic (exact) mass is 398 g/mol. The van der Waals surface area contributed by atoms with E-state index in [2.05, 4.69) is 10.5 Å². The molecule has 1 N–H and O–H groups in total. The average Bonchev–Trinajstić information content (AvgIpc) is 2.96. The molecular formula is C18H11ClF4N2O2. The minimum absolute atomic E-state index is 0.0341. The number of alkyl halides is 3. The van der Waals surface area contributed by atoms with Crippen molar-refractivity contribution in [3.05, 3.63) is 70.2 Å². The lowest BCUT2D eigenvalue weighted by Crippen LogP contribution is -2.14. The minimum atomic E-state index is -4.48. The molecule has 1 heterocycles. The van der Waals surface area contributed by atoms with Crippen molar-refractivity contribution in [3.63, 3.8) is 0 Å². The molecule has 1 amide bonds. The van der Waals surface area contributed by atoms with Gasteiger partial charge in [-0.1, -0.05) is 22.8 Å². The van der Waals surface area contributed by atoms with Gasteiger partial charge >= 0.3 is 6.18 Å². The number of rotatable bonds is 3. The Balaban J connectivity index is 1.94. The quantitative estimate of drug-likeness (QED) is 0.574. The van der Waals surface area contributed by atoms with E-state index < -0.39 is 23.5 Å². The van der Waals surface area contributed by atoms with Crippen LogP contribution in [0.1, 0.15) is 21.7 Å². The maximum Gasteiger partial charge on any atom is 0.416 e. The fourth-order valence-electron chi connectivity index (χ4n) is 2.47. The Kier molecular flexibility index (Phi) is 4.93. The van der Waals surface area contributed by atoms with Gasteiger partial charge in [-0.2, -0.15) is 13.2 Å². The van der Waals surface area contributed by atoms with Crippen LogP contribution in [0.15, 0.2) is 47.0 Å². The van der Waals surface area contributed by atoms with Crippen molar-refractivity contribution >= 4 is 23.2 Å². The third kappa shape index (κ3) is 3.80. The zero-order chi connectivity index (χ0) is 19.8. The molecular weight excluding hydrogens is 388 g/mol. The summed E-state index contributed by atoms with van der Waals surface area (Å²) in [5.74, 6) is -1.31. The number of halogens is 5. The largest absolute Gasteiger partial charge is 0.416 e.